The SMILES string of the molecule is CC(C)(C)c1ccc2c(c1)N(S(C)(=O)=O)C[C@H](C(=O)N1CCc3ccccc3C1)O2. The van der Waals surface area contributed by atoms with Crippen molar-refractivity contribution in [2.45, 2.75) is 45.3 Å². The zero-order chi connectivity index (χ0) is 21.7. The van der Waals surface area contributed by atoms with Gasteiger partial charge in [-0.2, -0.15) is 0 Å². The number of sulfonamides is 1. The number of carbonyl (C=O) groups is 1. The fourth-order valence-electron chi connectivity index (χ4n) is 4.05. The summed E-state index contributed by atoms with van der Waals surface area (Å²) in [5.41, 5.74) is 3.76. The molecule has 2 aromatic carbocycles. The van der Waals surface area contributed by atoms with Crippen molar-refractivity contribution < 1.29 is 17.9 Å². The summed E-state index contributed by atoms with van der Waals surface area (Å²) < 4.78 is 32.5. The highest BCUT2D eigenvalue weighted by molar-refractivity contribution is 7.92. The molecule has 160 valence electrons. The van der Waals surface area contributed by atoms with Crippen LogP contribution in [0.5, 0.6) is 5.75 Å². The van der Waals surface area contributed by atoms with E-state index in [2.05, 4.69) is 26.8 Å². The Kier molecular flexibility index (Phi) is 5.04. The van der Waals surface area contributed by atoms with Gasteiger partial charge in [-0.05, 0) is 40.7 Å². The Labute approximate surface area is 178 Å². The molecule has 0 radical (unpaired) electrons. The second-order valence-corrected chi connectivity index (χ2v) is 11.0. The molecule has 0 saturated heterocycles. The zero-order valence-electron chi connectivity index (χ0n) is 17.9. The first-order chi connectivity index (χ1) is 14.0. The van der Waals surface area contributed by atoms with E-state index < -0.39 is 16.1 Å². The minimum Gasteiger partial charge on any atom is -0.476 e. The molecule has 7 heteroatoms. The molecule has 0 bridgehead atoms. The van der Waals surface area contributed by atoms with Crippen LogP contribution < -0.4 is 9.04 Å². The number of hydrogen-bond acceptors (Lipinski definition) is 4. The molecule has 0 N–H and O–H groups in total. The van der Waals surface area contributed by atoms with Crippen molar-refractivity contribution in [1.82, 2.24) is 4.90 Å². The number of ether oxygens (including phenoxy) is 1. The zero-order valence-corrected chi connectivity index (χ0v) is 18.7. The third-order valence-corrected chi connectivity index (χ3v) is 6.96. The van der Waals surface area contributed by atoms with Crippen LogP contribution in [-0.2, 0) is 33.2 Å². The lowest BCUT2D eigenvalue weighted by Crippen LogP contribution is -2.52. The second kappa shape index (κ2) is 7.30. The minimum atomic E-state index is -3.56. The van der Waals surface area contributed by atoms with Gasteiger partial charge in [0.2, 0.25) is 10.0 Å². The molecule has 0 fully saturated rings. The van der Waals surface area contributed by atoms with Gasteiger partial charge < -0.3 is 9.64 Å². The molecule has 4 rings (SSSR count). The highest BCUT2D eigenvalue weighted by Gasteiger charge is 2.38. The van der Waals surface area contributed by atoms with Gasteiger partial charge >= 0.3 is 0 Å². The van der Waals surface area contributed by atoms with Crippen LogP contribution in [0.3, 0.4) is 0 Å². The summed E-state index contributed by atoms with van der Waals surface area (Å²) in [7, 11) is -3.56. The van der Waals surface area contributed by atoms with Crippen LogP contribution >= 0.6 is 0 Å². The highest BCUT2D eigenvalue weighted by Crippen LogP contribution is 2.39. The van der Waals surface area contributed by atoms with Crippen LogP contribution in [0.4, 0.5) is 5.69 Å². The molecule has 1 atom stereocenters. The molecule has 2 aliphatic rings. The van der Waals surface area contributed by atoms with E-state index >= 15 is 0 Å². The molecule has 0 unspecified atom stereocenters. The molecular weight excluding hydrogens is 400 g/mol. The highest BCUT2D eigenvalue weighted by atomic mass is 32.2. The number of benzene rings is 2. The van der Waals surface area contributed by atoms with Crippen molar-refractivity contribution in [3.63, 3.8) is 0 Å². The van der Waals surface area contributed by atoms with Gasteiger partial charge in [0.05, 0.1) is 18.5 Å². The van der Waals surface area contributed by atoms with E-state index in [4.69, 9.17) is 4.74 Å². The van der Waals surface area contributed by atoms with Gasteiger partial charge in [-0.3, -0.25) is 9.10 Å². The number of hydrogen-bond donors (Lipinski definition) is 0. The fourth-order valence-corrected chi connectivity index (χ4v) is 4.95. The van der Waals surface area contributed by atoms with Gasteiger partial charge in [-0.25, -0.2) is 8.42 Å². The molecule has 0 aromatic heterocycles. The summed E-state index contributed by atoms with van der Waals surface area (Å²) in [4.78, 5) is 15.0. The van der Waals surface area contributed by atoms with Crippen LogP contribution in [0.15, 0.2) is 42.5 Å². The normalized spacial score (nSPS) is 19.0. The summed E-state index contributed by atoms with van der Waals surface area (Å²) in [6.45, 7) is 7.32. The van der Waals surface area contributed by atoms with Gasteiger partial charge in [-0.1, -0.05) is 51.1 Å². The number of carbonyl (C=O) groups excluding carboxylic acids is 1. The van der Waals surface area contributed by atoms with Gasteiger partial charge in [0.25, 0.3) is 5.91 Å². The molecule has 1 amide bonds. The Morgan fingerprint density at radius 1 is 1.10 bits per heavy atom. The maximum absolute atomic E-state index is 13.3. The Morgan fingerprint density at radius 3 is 2.47 bits per heavy atom. The molecule has 2 aliphatic heterocycles. The Balaban J connectivity index is 1.63. The molecule has 30 heavy (non-hydrogen) atoms. The summed E-state index contributed by atoms with van der Waals surface area (Å²) in [6, 6.07) is 13.7. The number of amides is 1. The molecule has 0 spiro atoms. The molecule has 6 nitrogen and oxygen atoms in total. The largest absolute Gasteiger partial charge is 0.476 e. The van der Waals surface area contributed by atoms with E-state index in [1.54, 1.807) is 11.0 Å². The number of anilines is 1. The predicted molar refractivity (Wildman–Crippen MR) is 117 cm³/mol. The standard InChI is InChI=1S/C23H28N2O4S/c1-23(2,3)18-9-10-20-19(13-18)25(30(4,27)28)15-21(29-20)22(26)24-12-11-16-7-5-6-8-17(16)14-24/h5-10,13,21H,11-12,14-15H2,1-4H3/t21-/m1/s1. The van der Waals surface area contributed by atoms with Crippen LogP contribution in [0.1, 0.15) is 37.5 Å². The van der Waals surface area contributed by atoms with Crippen LogP contribution in [0, 0.1) is 0 Å². The van der Waals surface area contributed by atoms with Crippen molar-refractivity contribution in [3.05, 3.63) is 59.2 Å². The summed E-state index contributed by atoms with van der Waals surface area (Å²) in [6.07, 6.45) is 1.10. The van der Waals surface area contributed by atoms with E-state index in [-0.39, 0.29) is 17.9 Å². The van der Waals surface area contributed by atoms with Crippen molar-refractivity contribution in [1.29, 1.82) is 0 Å². The summed E-state index contributed by atoms with van der Waals surface area (Å²) in [5, 5.41) is 0. The number of nitrogens with zero attached hydrogens (tertiary/aromatic N) is 2. The molecule has 0 saturated carbocycles. The third kappa shape index (κ3) is 3.90. The average Bonchev–Trinajstić information content (AvgIpc) is 2.70. The van der Waals surface area contributed by atoms with Gasteiger partial charge in [-0.15, -0.1) is 0 Å². The minimum absolute atomic E-state index is 0.0175. The van der Waals surface area contributed by atoms with Crippen LogP contribution in [-0.4, -0.2) is 44.7 Å². The smallest absolute Gasteiger partial charge is 0.265 e. The monoisotopic (exact) mass is 428 g/mol. The van der Waals surface area contributed by atoms with Crippen LogP contribution in [0.25, 0.3) is 0 Å². The van der Waals surface area contributed by atoms with E-state index in [0.29, 0.717) is 24.5 Å². The van der Waals surface area contributed by atoms with Gasteiger partial charge in [0, 0.05) is 13.1 Å². The van der Waals surface area contributed by atoms with E-state index in [9.17, 15) is 13.2 Å². The second-order valence-electron chi connectivity index (χ2n) is 9.11. The molecular formula is C23H28N2O4S. The average molecular weight is 429 g/mol. The Morgan fingerprint density at radius 2 is 1.80 bits per heavy atom. The van der Waals surface area contributed by atoms with Gasteiger partial charge in [0.15, 0.2) is 6.10 Å². The Hall–Kier alpha value is -2.54. The van der Waals surface area contributed by atoms with Crippen molar-refractivity contribution in [3.8, 4) is 5.75 Å². The van der Waals surface area contributed by atoms with Gasteiger partial charge in [0.1, 0.15) is 5.75 Å². The van der Waals surface area contributed by atoms with Crippen molar-refractivity contribution in [2.75, 3.05) is 23.7 Å². The quantitative estimate of drug-likeness (QED) is 0.737. The maximum Gasteiger partial charge on any atom is 0.265 e. The van der Waals surface area contributed by atoms with Crippen molar-refractivity contribution >= 4 is 21.6 Å². The molecule has 0 aliphatic carbocycles. The lowest BCUT2D eigenvalue weighted by atomic mass is 9.86. The summed E-state index contributed by atoms with van der Waals surface area (Å²) in [5.74, 6) is 0.249. The lowest BCUT2D eigenvalue weighted by Gasteiger charge is -2.38. The third-order valence-electron chi connectivity index (χ3n) is 5.81. The van der Waals surface area contributed by atoms with Crippen LogP contribution in [0.2, 0.25) is 0 Å². The first-order valence-corrected chi connectivity index (χ1v) is 12.0. The predicted octanol–water partition coefficient (Wildman–Crippen LogP) is 3.10. The molecule has 2 heterocycles. The topological polar surface area (TPSA) is 66.9 Å². The lowest BCUT2D eigenvalue weighted by molar-refractivity contribution is -0.139. The number of rotatable bonds is 2. The Bertz CT molecular complexity index is 1090. The summed E-state index contributed by atoms with van der Waals surface area (Å²) >= 11 is 0. The van der Waals surface area contributed by atoms with E-state index in [1.807, 2.05) is 30.3 Å². The first kappa shape index (κ1) is 20.7. The van der Waals surface area contributed by atoms with Crippen molar-refractivity contribution in [2.24, 2.45) is 0 Å². The first-order valence-electron chi connectivity index (χ1n) is 10.2. The number of fused-ring (bicyclic) bond motifs is 2. The molecule has 2 aromatic rings. The fraction of sp³-hybridized carbons (Fsp3) is 0.435. The van der Waals surface area contributed by atoms with E-state index in [0.717, 1.165) is 17.5 Å². The van der Waals surface area contributed by atoms with E-state index in [1.165, 1.54) is 16.1 Å². The maximum atomic E-state index is 13.3.